The zero-order valence-corrected chi connectivity index (χ0v) is 20.1. The standard InChI is InChI=1S/C27H26ClN5O2/c1-35-27(34)32-22-8-4-18(5-9-22)20-15-31-33(16-20)26(12-17-2-3-17)25-11-6-19(14-30-25)23-13-21(28)7-10-24(23)29/h4-11,13-17,26H,2-3,12,29H2,1H3,(H,32,34). The molecule has 2 aromatic carbocycles. The molecule has 1 aliphatic rings. The average molecular weight is 488 g/mol. The van der Waals surface area contributed by atoms with Crippen molar-refractivity contribution in [3.63, 3.8) is 0 Å². The minimum absolute atomic E-state index is 0.0438. The van der Waals surface area contributed by atoms with E-state index in [0.717, 1.165) is 34.4 Å². The number of anilines is 2. The van der Waals surface area contributed by atoms with Gasteiger partial charge in [0, 0.05) is 45.5 Å². The lowest BCUT2D eigenvalue weighted by molar-refractivity contribution is 0.187. The number of ether oxygens (including phenoxy) is 1. The number of pyridine rings is 1. The maximum absolute atomic E-state index is 11.4. The van der Waals surface area contributed by atoms with Crippen LogP contribution in [0, 0.1) is 5.92 Å². The molecule has 35 heavy (non-hydrogen) atoms. The number of carbonyl (C=O) groups is 1. The highest BCUT2D eigenvalue weighted by Crippen LogP contribution is 2.39. The molecule has 0 spiro atoms. The largest absolute Gasteiger partial charge is 0.453 e. The van der Waals surface area contributed by atoms with Crippen LogP contribution in [0.15, 0.2) is 73.2 Å². The number of nitrogens with zero attached hydrogens (tertiary/aromatic N) is 3. The summed E-state index contributed by atoms with van der Waals surface area (Å²) in [4.78, 5) is 16.2. The number of halogens is 1. The van der Waals surface area contributed by atoms with Gasteiger partial charge in [-0.25, -0.2) is 4.79 Å². The van der Waals surface area contributed by atoms with E-state index in [-0.39, 0.29) is 6.04 Å². The third kappa shape index (κ3) is 5.30. The second-order valence-electron chi connectivity index (χ2n) is 8.80. The number of amides is 1. The maximum atomic E-state index is 11.4. The Morgan fingerprint density at radius 3 is 2.57 bits per heavy atom. The van der Waals surface area contributed by atoms with Crippen LogP contribution < -0.4 is 11.1 Å². The third-order valence-corrected chi connectivity index (χ3v) is 6.51. The topological polar surface area (TPSA) is 95.1 Å². The van der Waals surface area contributed by atoms with Gasteiger partial charge in [0.15, 0.2) is 0 Å². The molecule has 178 valence electrons. The number of aromatic nitrogens is 3. The lowest BCUT2D eigenvalue weighted by Gasteiger charge is -2.17. The summed E-state index contributed by atoms with van der Waals surface area (Å²) >= 11 is 6.17. The lowest BCUT2D eigenvalue weighted by Crippen LogP contribution is -2.13. The first-order valence-electron chi connectivity index (χ1n) is 11.5. The summed E-state index contributed by atoms with van der Waals surface area (Å²) in [6, 6.07) is 17.2. The Morgan fingerprint density at radius 1 is 1.11 bits per heavy atom. The normalized spacial score (nSPS) is 13.9. The molecule has 5 rings (SSSR count). The lowest BCUT2D eigenvalue weighted by atomic mass is 10.0. The van der Waals surface area contributed by atoms with Crippen molar-refractivity contribution in [1.82, 2.24) is 14.8 Å². The fraction of sp³-hybridized carbons (Fsp3) is 0.222. The summed E-state index contributed by atoms with van der Waals surface area (Å²) in [6.07, 6.45) is 8.77. The quantitative estimate of drug-likeness (QED) is 0.293. The number of nitrogen functional groups attached to an aromatic ring is 1. The number of benzene rings is 2. The highest BCUT2D eigenvalue weighted by molar-refractivity contribution is 6.31. The Balaban J connectivity index is 1.39. The Hall–Kier alpha value is -3.84. The smallest absolute Gasteiger partial charge is 0.411 e. The Morgan fingerprint density at radius 2 is 1.89 bits per heavy atom. The van der Waals surface area contributed by atoms with E-state index in [1.807, 2.05) is 59.5 Å². The van der Waals surface area contributed by atoms with E-state index in [1.54, 1.807) is 6.07 Å². The summed E-state index contributed by atoms with van der Waals surface area (Å²) in [7, 11) is 1.34. The minimum Gasteiger partial charge on any atom is -0.453 e. The highest BCUT2D eigenvalue weighted by atomic mass is 35.5. The van der Waals surface area contributed by atoms with Crippen molar-refractivity contribution in [1.29, 1.82) is 0 Å². The van der Waals surface area contributed by atoms with Gasteiger partial charge >= 0.3 is 6.09 Å². The first-order valence-corrected chi connectivity index (χ1v) is 11.9. The van der Waals surface area contributed by atoms with Gasteiger partial charge in [-0.2, -0.15) is 5.10 Å². The first-order chi connectivity index (χ1) is 17.0. The molecule has 1 fully saturated rings. The van der Waals surface area contributed by atoms with Gasteiger partial charge in [0.25, 0.3) is 0 Å². The van der Waals surface area contributed by atoms with Crippen molar-refractivity contribution in [3.8, 4) is 22.3 Å². The van der Waals surface area contributed by atoms with Crippen molar-refractivity contribution in [2.24, 2.45) is 5.92 Å². The van der Waals surface area contributed by atoms with Crippen molar-refractivity contribution in [2.75, 3.05) is 18.2 Å². The molecule has 0 bridgehead atoms. The molecule has 0 saturated heterocycles. The average Bonchev–Trinajstić information content (AvgIpc) is 3.58. The predicted molar refractivity (Wildman–Crippen MR) is 138 cm³/mol. The van der Waals surface area contributed by atoms with E-state index >= 15 is 0 Å². The van der Waals surface area contributed by atoms with Crippen LogP contribution in [0.1, 0.15) is 31.0 Å². The van der Waals surface area contributed by atoms with Crippen LogP contribution in [-0.2, 0) is 4.74 Å². The Labute approximate surface area is 208 Å². The Kier molecular flexibility index (Phi) is 6.42. The van der Waals surface area contributed by atoms with Gasteiger partial charge in [-0.1, -0.05) is 42.6 Å². The van der Waals surface area contributed by atoms with E-state index in [1.165, 1.54) is 20.0 Å². The fourth-order valence-electron chi connectivity index (χ4n) is 4.15. The highest BCUT2D eigenvalue weighted by Gasteiger charge is 2.28. The molecule has 2 heterocycles. The van der Waals surface area contributed by atoms with Crippen LogP contribution in [0.25, 0.3) is 22.3 Å². The molecular weight excluding hydrogens is 462 g/mol. The van der Waals surface area contributed by atoms with Crippen LogP contribution in [-0.4, -0.2) is 28.0 Å². The molecule has 0 aliphatic heterocycles. The molecule has 1 atom stereocenters. The number of hydrogen-bond donors (Lipinski definition) is 2. The first kappa shape index (κ1) is 22.9. The van der Waals surface area contributed by atoms with Gasteiger partial charge in [-0.15, -0.1) is 0 Å². The molecule has 1 amide bonds. The zero-order valence-electron chi connectivity index (χ0n) is 19.3. The van der Waals surface area contributed by atoms with E-state index in [4.69, 9.17) is 22.3 Å². The molecule has 4 aromatic rings. The van der Waals surface area contributed by atoms with Crippen LogP contribution in [0.2, 0.25) is 5.02 Å². The monoisotopic (exact) mass is 487 g/mol. The second-order valence-corrected chi connectivity index (χ2v) is 9.24. The number of hydrogen-bond acceptors (Lipinski definition) is 5. The van der Waals surface area contributed by atoms with Crippen molar-refractivity contribution in [2.45, 2.75) is 25.3 Å². The summed E-state index contributed by atoms with van der Waals surface area (Å²) in [5, 5.41) is 7.99. The van der Waals surface area contributed by atoms with Crippen molar-refractivity contribution in [3.05, 3.63) is 83.9 Å². The van der Waals surface area contributed by atoms with Crippen LogP contribution in [0.3, 0.4) is 0 Å². The van der Waals surface area contributed by atoms with Crippen LogP contribution in [0.5, 0.6) is 0 Å². The van der Waals surface area contributed by atoms with Gasteiger partial charge in [0.05, 0.1) is 25.0 Å². The predicted octanol–water partition coefficient (Wildman–Crippen LogP) is 6.42. The Bertz CT molecular complexity index is 1330. The van der Waals surface area contributed by atoms with Gasteiger partial charge in [-0.05, 0) is 54.3 Å². The number of nitrogens with one attached hydrogen (secondary N) is 1. The number of nitrogens with two attached hydrogens (primary N) is 1. The fourth-order valence-corrected chi connectivity index (χ4v) is 4.32. The molecule has 7 nitrogen and oxygen atoms in total. The zero-order chi connectivity index (χ0) is 24.4. The van der Waals surface area contributed by atoms with E-state index in [0.29, 0.717) is 22.3 Å². The number of carbonyl (C=O) groups excluding carboxylic acids is 1. The molecule has 1 unspecified atom stereocenters. The molecule has 8 heteroatoms. The van der Waals surface area contributed by atoms with Gasteiger partial charge in [0.2, 0.25) is 0 Å². The van der Waals surface area contributed by atoms with Crippen LogP contribution in [0.4, 0.5) is 16.2 Å². The molecule has 1 aliphatic carbocycles. The molecule has 3 N–H and O–H groups in total. The SMILES string of the molecule is COC(=O)Nc1ccc(-c2cnn(C(CC3CC3)c3ccc(-c4cc(Cl)ccc4N)cn3)c2)cc1. The number of rotatable bonds is 7. The third-order valence-electron chi connectivity index (χ3n) is 6.28. The van der Waals surface area contributed by atoms with Crippen molar-refractivity contribution < 1.29 is 9.53 Å². The van der Waals surface area contributed by atoms with Crippen LogP contribution >= 0.6 is 11.6 Å². The minimum atomic E-state index is -0.495. The van der Waals surface area contributed by atoms with E-state index < -0.39 is 6.09 Å². The summed E-state index contributed by atoms with van der Waals surface area (Å²) in [5.41, 5.74) is 12.3. The summed E-state index contributed by atoms with van der Waals surface area (Å²) in [5.74, 6) is 0.696. The van der Waals surface area contributed by atoms with Crippen molar-refractivity contribution >= 4 is 29.1 Å². The molecule has 2 aromatic heterocycles. The maximum Gasteiger partial charge on any atom is 0.411 e. The second kappa shape index (κ2) is 9.80. The van der Waals surface area contributed by atoms with E-state index in [2.05, 4.69) is 27.4 Å². The molecule has 1 saturated carbocycles. The van der Waals surface area contributed by atoms with E-state index in [9.17, 15) is 4.79 Å². The summed E-state index contributed by atoms with van der Waals surface area (Å²) in [6.45, 7) is 0. The molecule has 0 radical (unpaired) electrons. The summed E-state index contributed by atoms with van der Waals surface area (Å²) < 4.78 is 6.64. The van der Waals surface area contributed by atoms with Gasteiger partial charge in [0.1, 0.15) is 0 Å². The van der Waals surface area contributed by atoms with Gasteiger partial charge in [-0.3, -0.25) is 15.0 Å². The van der Waals surface area contributed by atoms with Gasteiger partial charge < -0.3 is 10.5 Å². The molecular formula is C27H26ClN5O2. The number of methoxy groups -OCH3 is 1.